The molecular weight excluding hydrogens is 499 g/mol. The van der Waals surface area contributed by atoms with Crippen molar-refractivity contribution in [3.8, 4) is 0 Å². The summed E-state index contributed by atoms with van der Waals surface area (Å²) in [6.45, 7) is 0. The summed E-state index contributed by atoms with van der Waals surface area (Å²) >= 11 is 14.9. The Morgan fingerprint density at radius 1 is 1.00 bits per heavy atom. The number of carbonyl (C=O) groups excluding carboxylic acids is 2. The Morgan fingerprint density at radius 3 is 2.51 bits per heavy atom. The summed E-state index contributed by atoms with van der Waals surface area (Å²) in [6.07, 6.45) is 3.33. The molecule has 2 fully saturated rings. The summed E-state index contributed by atoms with van der Waals surface area (Å²) in [4.78, 5) is 30.3. The van der Waals surface area contributed by atoms with Gasteiger partial charge in [-0.25, -0.2) is 0 Å². The minimum absolute atomic E-state index is 0.000491. The number of halogens is 2. The fourth-order valence-electron chi connectivity index (χ4n) is 6.04. The van der Waals surface area contributed by atoms with Crippen molar-refractivity contribution in [1.82, 2.24) is 4.90 Å². The number of rotatable bonds is 4. The second-order valence-electron chi connectivity index (χ2n) is 9.09. The topological polar surface area (TPSA) is 49.4 Å². The fourth-order valence-corrected chi connectivity index (χ4v) is 7.82. The van der Waals surface area contributed by atoms with Gasteiger partial charge in [0.2, 0.25) is 5.91 Å². The van der Waals surface area contributed by atoms with Crippen molar-refractivity contribution in [2.24, 2.45) is 5.92 Å². The summed E-state index contributed by atoms with van der Waals surface area (Å²) in [5.41, 5.74) is 2.19. The van der Waals surface area contributed by atoms with Crippen molar-refractivity contribution in [2.75, 3.05) is 16.9 Å². The lowest BCUT2D eigenvalue weighted by atomic mass is 9.70. The monoisotopic (exact) mass is 520 g/mol. The van der Waals surface area contributed by atoms with Gasteiger partial charge in [-0.3, -0.25) is 14.5 Å². The molecule has 0 radical (unpaired) electrons. The highest BCUT2D eigenvalue weighted by Gasteiger charge is 2.69. The maximum absolute atomic E-state index is 14.2. The number of benzene rings is 3. The number of hydrogen-bond donors (Lipinski definition) is 1. The molecule has 1 unspecified atom stereocenters. The van der Waals surface area contributed by atoms with E-state index in [9.17, 15) is 9.59 Å². The number of allylic oxidation sites excluding steroid dienone is 1. The van der Waals surface area contributed by atoms with Gasteiger partial charge in [-0.1, -0.05) is 77.8 Å². The van der Waals surface area contributed by atoms with E-state index in [1.807, 2.05) is 66.7 Å². The van der Waals surface area contributed by atoms with Gasteiger partial charge in [0.25, 0.3) is 0 Å². The number of para-hydroxylation sites is 1. The molecular formula is C28H22Cl2N2O2S. The lowest BCUT2D eigenvalue weighted by molar-refractivity contribution is -0.134. The van der Waals surface area contributed by atoms with Crippen LogP contribution >= 0.6 is 35.0 Å². The second kappa shape index (κ2) is 8.82. The SMILES string of the molecule is O=C(/C=C/c1ccccc1Cl)[C@@H]1[C@@H](c2ccccc2Cl)[C@@H]2CSCN2C12C(=O)Nc1ccccc12. The molecule has 35 heavy (non-hydrogen) atoms. The molecule has 1 N–H and O–H groups in total. The average molecular weight is 521 g/mol. The van der Waals surface area contributed by atoms with Crippen molar-refractivity contribution >= 4 is 58.4 Å². The zero-order valence-electron chi connectivity index (χ0n) is 18.7. The maximum atomic E-state index is 14.2. The van der Waals surface area contributed by atoms with E-state index in [0.717, 1.165) is 28.1 Å². The van der Waals surface area contributed by atoms with Gasteiger partial charge in [0.05, 0.1) is 5.92 Å². The first-order valence-corrected chi connectivity index (χ1v) is 13.4. The van der Waals surface area contributed by atoms with Crippen molar-refractivity contribution in [2.45, 2.75) is 17.5 Å². The van der Waals surface area contributed by atoms with E-state index in [0.29, 0.717) is 15.9 Å². The van der Waals surface area contributed by atoms with Gasteiger partial charge >= 0.3 is 0 Å². The normalized spacial score (nSPS) is 27.4. The van der Waals surface area contributed by atoms with Crippen LogP contribution in [0.3, 0.4) is 0 Å². The predicted octanol–water partition coefficient (Wildman–Crippen LogP) is 6.21. The van der Waals surface area contributed by atoms with Gasteiger partial charge in [0.1, 0.15) is 5.54 Å². The van der Waals surface area contributed by atoms with Gasteiger partial charge < -0.3 is 5.32 Å². The van der Waals surface area contributed by atoms with Crippen LogP contribution in [0, 0.1) is 5.92 Å². The average Bonchev–Trinajstić information content (AvgIpc) is 3.52. The number of fused-ring (bicyclic) bond motifs is 4. The highest BCUT2D eigenvalue weighted by molar-refractivity contribution is 7.99. The first-order valence-electron chi connectivity index (χ1n) is 11.5. The highest BCUT2D eigenvalue weighted by atomic mass is 35.5. The smallest absolute Gasteiger partial charge is 0.250 e. The number of hydrogen-bond acceptors (Lipinski definition) is 4. The molecule has 0 aliphatic carbocycles. The van der Waals surface area contributed by atoms with Gasteiger partial charge in [-0.2, -0.15) is 0 Å². The first-order chi connectivity index (χ1) is 17.0. The number of nitrogens with zero attached hydrogens (tertiary/aromatic N) is 1. The number of thioether (sulfide) groups is 1. The third-order valence-corrected chi connectivity index (χ3v) is 9.16. The van der Waals surface area contributed by atoms with E-state index < -0.39 is 11.5 Å². The molecule has 7 heteroatoms. The van der Waals surface area contributed by atoms with Gasteiger partial charge in [-0.05, 0) is 41.5 Å². The minimum Gasteiger partial charge on any atom is -0.324 e. The van der Waals surface area contributed by atoms with Gasteiger partial charge in [0.15, 0.2) is 5.78 Å². The molecule has 3 aliphatic rings. The first kappa shape index (κ1) is 22.9. The summed E-state index contributed by atoms with van der Waals surface area (Å²) in [5, 5.41) is 4.26. The lowest BCUT2D eigenvalue weighted by Gasteiger charge is -2.36. The van der Waals surface area contributed by atoms with E-state index >= 15 is 0 Å². The molecule has 0 aromatic heterocycles. The Labute approximate surface area is 218 Å². The largest absolute Gasteiger partial charge is 0.324 e. The van der Waals surface area contributed by atoms with Crippen LogP contribution in [0.15, 0.2) is 78.9 Å². The van der Waals surface area contributed by atoms with E-state index in [1.54, 1.807) is 30.0 Å². The number of anilines is 1. The standard InChI is InChI=1S/C28H22Cl2N2O2S/c29-20-10-4-1-7-17(20)13-14-24(33)26-25(18-8-2-5-11-21(18)30)23-15-35-16-32(23)28(26)19-9-3-6-12-22(19)31-27(28)34/h1-14,23,25-26H,15-16H2,(H,31,34)/b14-13+/t23-,25-,26+,28?/m0/s1. The van der Waals surface area contributed by atoms with Crippen molar-refractivity contribution < 1.29 is 9.59 Å². The molecule has 4 nitrogen and oxygen atoms in total. The van der Waals surface area contributed by atoms with Crippen molar-refractivity contribution in [3.63, 3.8) is 0 Å². The number of carbonyl (C=O) groups is 2. The van der Waals surface area contributed by atoms with E-state index in [2.05, 4.69) is 10.2 Å². The second-order valence-corrected chi connectivity index (χ2v) is 10.9. The molecule has 176 valence electrons. The van der Waals surface area contributed by atoms with Crippen molar-refractivity contribution in [3.05, 3.63) is 106 Å². The highest BCUT2D eigenvalue weighted by Crippen LogP contribution is 2.61. The van der Waals surface area contributed by atoms with Crippen molar-refractivity contribution in [1.29, 1.82) is 0 Å². The Kier molecular flexibility index (Phi) is 5.76. The van der Waals surface area contributed by atoms with Crippen LogP contribution < -0.4 is 5.32 Å². The van der Waals surface area contributed by atoms with Crippen LogP contribution in [-0.4, -0.2) is 34.3 Å². The summed E-state index contributed by atoms with van der Waals surface area (Å²) < 4.78 is 0. The van der Waals surface area contributed by atoms with Crippen LogP contribution in [0.5, 0.6) is 0 Å². The molecule has 3 heterocycles. The predicted molar refractivity (Wildman–Crippen MR) is 143 cm³/mol. The third kappa shape index (κ3) is 3.40. The molecule has 4 atom stereocenters. The molecule has 3 aromatic rings. The summed E-state index contributed by atoms with van der Waals surface area (Å²) in [6, 6.07) is 22.8. The Hall–Kier alpha value is -2.57. The lowest BCUT2D eigenvalue weighted by Crippen LogP contribution is -2.52. The van der Waals surface area contributed by atoms with Gasteiger partial charge in [-0.15, -0.1) is 11.8 Å². The van der Waals surface area contributed by atoms with E-state index in [4.69, 9.17) is 23.2 Å². The molecule has 3 aromatic carbocycles. The zero-order valence-corrected chi connectivity index (χ0v) is 21.0. The summed E-state index contributed by atoms with van der Waals surface area (Å²) in [5.74, 6) is 0.359. The molecule has 6 rings (SSSR count). The third-order valence-electron chi connectivity index (χ3n) is 7.43. The van der Waals surface area contributed by atoms with Crippen LogP contribution in [0.4, 0.5) is 5.69 Å². The molecule has 2 saturated heterocycles. The van der Waals surface area contributed by atoms with Crippen LogP contribution in [0.2, 0.25) is 10.0 Å². The zero-order chi connectivity index (χ0) is 24.2. The Balaban J connectivity index is 1.55. The fraction of sp³-hybridized carbons (Fsp3) is 0.214. The van der Waals surface area contributed by atoms with Crippen LogP contribution in [0.1, 0.15) is 22.6 Å². The quantitative estimate of drug-likeness (QED) is 0.415. The molecule has 3 aliphatic heterocycles. The molecule has 0 saturated carbocycles. The number of nitrogens with one attached hydrogen (secondary N) is 1. The molecule has 0 bridgehead atoms. The van der Waals surface area contributed by atoms with Crippen LogP contribution in [-0.2, 0) is 15.1 Å². The van der Waals surface area contributed by atoms with E-state index in [1.165, 1.54) is 0 Å². The number of amides is 1. The number of ketones is 1. The molecule has 1 amide bonds. The van der Waals surface area contributed by atoms with Gasteiger partial charge in [0, 0.05) is 44.9 Å². The van der Waals surface area contributed by atoms with Crippen LogP contribution in [0.25, 0.3) is 6.08 Å². The maximum Gasteiger partial charge on any atom is 0.250 e. The molecule has 1 spiro atoms. The summed E-state index contributed by atoms with van der Waals surface area (Å²) in [7, 11) is 0. The van der Waals surface area contributed by atoms with E-state index in [-0.39, 0.29) is 23.7 Å². The minimum atomic E-state index is -1.10. The Morgan fingerprint density at radius 2 is 1.71 bits per heavy atom. The Bertz CT molecular complexity index is 1380.